The third-order valence-electron chi connectivity index (χ3n) is 1.93. The second-order valence-electron chi connectivity index (χ2n) is 3.37. The SMILES string of the molecule is CC(Cn1cccn1)NC[C@H](O)CO. The fraction of sp³-hybridized carbons (Fsp3) is 0.667. The van der Waals surface area contributed by atoms with Gasteiger partial charge in [0.2, 0.25) is 0 Å². The highest BCUT2D eigenvalue weighted by molar-refractivity contribution is 4.79. The van der Waals surface area contributed by atoms with E-state index >= 15 is 0 Å². The Kier molecular flexibility index (Phi) is 4.58. The molecule has 0 aliphatic carbocycles. The van der Waals surface area contributed by atoms with Gasteiger partial charge in [0.25, 0.3) is 0 Å². The third-order valence-corrected chi connectivity index (χ3v) is 1.93. The van der Waals surface area contributed by atoms with Gasteiger partial charge in [0, 0.05) is 25.0 Å². The molecule has 0 radical (unpaired) electrons. The predicted molar refractivity (Wildman–Crippen MR) is 52.8 cm³/mol. The van der Waals surface area contributed by atoms with Crippen molar-refractivity contribution < 1.29 is 10.2 Å². The molecule has 0 amide bonds. The number of aliphatic hydroxyl groups is 2. The molecule has 0 aliphatic heterocycles. The molecule has 1 aromatic rings. The monoisotopic (exact) mass is 199 g/mol. The molecule has 0 fully saturated rings. The Balaban J connectivity index is 2.19. The molecule has 2 atom stereocenters. The van der Waals surface area contributed by atoms with Crippen LogP contribution in [-0.4, -0.2) is 45.3 Å². The maximum Gasteiger partial charge on any atom is 0.0895 e. The summed E-state index contributed by atoms with van der Waals surface area (Å²) in [5.74, 6) is 0. The van der Waals surface area contributed by atoms with Crippen LogP contribution in [0.25, 0.3) is 0 Å². The van der Waals surface area contributed by atoms with Crippen LogP contribution in [0.1, 0.15) is 6.92 Å². The number of hydrogen-bond donors (Lipinski definition) is 3. The zero-order valence-corrected chi connectivity index (χ0v) is 8.30. The van der Waals surface area contributed by atoms with Crippen molar-refractivity contribution in [2.75, 3.05) is 13.2 Å². The summed E-state index contributed by atoms with van der Waals surface area (Å²) in [6.45, 7) is 2.96. The van der Waals surface area contributed by atoms with Gasteiger partial charge in [-0.2, -0.15) is 5.10 Å². The van der Waals surface area contributed by atoms with Crippen molar-refractivity contribution in [2.45, 2.75) is 25.6 Å². The zero-order valence-electron chi connectivity index (χ0n) is 8.30. The van der Waals surface area contributed by atoms with Gasteiger partial charge in [0.1, 0.15) is 0 Å². The second kappa shape index (κ2) is 5.74. The Morgan fingerprint density at radius 1 is 1.57 bits per heavy atom. The summed E-state index contributed by atoms with van der Waals surface area (Å²) in [7, 11) is 0. The minimum absolute atomic E-state index is 0.207. The fourth-order valence-corrected chi connectivity index (χ4v) is 1.16. The van der Waals surface area contributed by atoms with E-state index in [1.54, 1.807) is 6.20 Å². The van der Waals surface area contributed by atoms with E-state index in [1.807, 2.05) is 23.9 Å². The molecule has 0 aromatic carbocycles. The van der Waals surface area contributed by atoms with Crippen molar-refractivity contribution >= 4 is 0 Å². The summed E-state index contributed by atoms with van der Waals surface area (Å²) in [4.78, 5) is 0. The maximum atomic E-state index is 9.10. The van der Waals surface area contributed by atoms with E-state index in [9.17, 15) is 0 Å². The highest BCUT2D eigenvalue weighted by atomic mass is 16.3. The number of rotatable bonds is 6. The van der Waals surface area contributed by atoms with Crippen LogP contribution in [0.3, 0.4) is 0 Å². The van der Waals surface area contributed by atoms with Crippen LogP contribution in [-0.2, 0) is 6.54 Å². The predicted octanol–water partition coefficient (Wildman–Crippen LogP) is -0.786. The van der Waals surface area contributed by atoms with E-state index in [1.165, 1.54) is 0 Å². The molecule has 0 aliphatic rings. The van der Waals surface area contributed by atoms with Gasteiger partial charge in [-0.25, -0.2) is 0 Å². The van der Waals surface area contributed by atoms with Gasteiger partial charge < -0.3 is 15.5 Å². The Bertz CT molecular complexity index is 238. The Morgan fingerprint density at radius 2 is 2.36 bits per heavy atom. The van der Waals surface area contributed by atoms with Gasteiger partial charge in [0.15, 0.2) is 0 Å². The average Bonchev–Trinajstić information content (AvgIpc) is 2.66. The molecule has 5 nitrogen and oxygen atoms in total. The summed E-state index contributed by atoms with van der Waals surface area (Å²) in [5.41, 5.74) is 0. The van der Waals surface area contributed by atoms with Crippen molar-refractivity contribution in [1.82, 2.24) is 15.1 Å². The third kappa shape index (κ3) is 3.87. The Hall–Kier alpha value is -0.910. The second-order valence-corrected chi connectivity index (χ2v) is 3.37. The number of hydrogen-bond acceptors (Lipinski definition) is 4. The summed E-state index contributed by atoms with van der Waals surface area (Å²) in [6.07, 6.45) is 2.94. The molecule has 0 spiro atoms. The van der Waals surface area contributed by atoms with E-state index in [2.05, 4.69) is 10.4 Å². The van der Waals surface area contributed by atoms with Gasteiger partial charge in [0.05, 0.1) is 19.3 Å². The van der Waals surface area contributed by atoms with Crippen molar-refractivity contribution in [3.8, 4) is 0 Å². The van der Waals surface area contributed by atoms with Crippen LogP contribution in [0.2, 0.25) is 0 Å². The lowest BCUT2D eigenvalue weighted by molar-refractivity contribution is 0.0917. The molecule has 80 valence electrons. The van der Waals surface area contributed by atoms with Gasteiger partial charge >= 0.3 is 0 Å². The topological polar surface area (TPSA) is 70.3 Å². The van der Waals surface area contributed by atoms with E-state index in [0.717, 1.165) is 6.54 Å². The van der Waals surface area contributed by atoms with Crippen molar-refractivity contribution in [1.29, 1.82) is 0 Å². The molecule has 1 unspecified atom stereocenters. The lowest BCUT2D eigenvalue weighted by atomic mass is 10.3. The molecule has 0 bridgehead atoms. The fourth-order valence-electron chi connectivity index (χ4n) is 1.16. The number of nitrogens with zero attached hydrogens (tertiary/aromatic N) is 2. The first-order valence-corrected chi connectivity index (χ1v) is 4.72. The first-order chi connectivity index (χ1) is 6.72. The molecule has 3 N–H and O–H groups in total. The van der Waals surface area contributed by atoms with Crippen LogP contribution >= 0.6 is 0 Å². The lowest BCUT2D eigenvalue weighted by Gasteiger charge is -2.15. The number of aromatic nitrogens is 2. The van der Waals surface area contributed by atoms with Gasteiger partial charge in [-0.15, -0.1) is 0 Å². The molecule has 1 heterocycles. The Morgan fingerprint density at radius 3 is 2.93 bits per heavy atom. The molecule has 1 rings (SSSR count). The first kappa shape index (κ1) is 11.2. The quantitative estimate of drug-likeness (QED) is 0.562. The van der Waals surface area contributed by atoms with Gasteiger partial charge in [-0.3, -0.25) is 4.68 Å². The summed E-state index contributed by atoms with van der Waals surface area (Å²) in [6, 6.07) is 2.09. The minimum Gasteiger partial charge on any atom is -0.394 e. The van der Waals surface area contributed by atoms with Crippen molar-refractivity contribution in [3.63, 3.8) is 0 Å². The molecular weight excluding hydrogens is 182 g/mol. The standard InChI is InChI=1S/C9H17N3O2/c1-8(10-5-9(14)7-13)6-12-4-2-3-11-12/h2-4,8-10,13-14H,5-7H2,1H3/t8?,9-/m0/s1. The van der Waals surface area contributed by atoms with Crippen molar-refractivity contribution in [3.05, 3.63) is 18.5 Å². The van der Waals surface area contributed by atoms with Crippen LogP contribution < -0.4 is 5.32 Å². The molecular formula is C9H17N3O2. The highest BCUT2D eigenvalue weighted by Gasteiger charge is 2.06. The molecule has 5 heteroatoms. The first-order valence-electron chi connectivity index (χ1n) is 4.72. The molecule has 0 saturated heterocycles. The van der Waals surface area contributed by atoms with Crippen LogP contribution in [0.5, 0.6) is 0 Å². The lowest BCUT2D eigenvalue weighted by Crippen LogP contribution is -2.37. The van der Waals surface area contributed by atoms with Crippen LogP contribution in [0.15, 0.2) is 18.5 Å². The summed E-state index contributed by atoms with van der Waals surface area (Å²) < 4.78 is 1.82. The zero-order chi connectivity index (χ0) is 10.4. The summed E-state index contributed by atoms with van der Waals surface area (Å²) in [5, 5.41) is 24.9. The van der Waals surface area contributed by atoms with Gasteiger partial charge in [-0.1, -0.05) is 0 Å². The van der Waals surface area contributed by atoms with E-state index < -0.39 is 6.10 Å². The molecule has 0 saturated carbocycles. The van der Waals surface area contributed by atoms with Crippen LogP contribution in [0, 0.1) is 0 Å². The van der Waals surface area contributed by atoms with E-state index in [0.29, 0.717) is 6.54 Å². The van der Waals surface area contributed by atoms with E-state index in [4.69, 9.17) is 10.2 Å². The van der Waals surface area contributed by atoms with Crippen LogP contribution in [0.4, 0.5) is 0 Å². The smallest absolute Gasteiger partial charge is 0.0895 e. The number of nitrogens with one attached hydrogen (secondary N) is 1. The number of aliphatic hydroxyl groups excluding tert-OH is 2. The minimum atomic E-state index is -0.685. The van der Waals surface area contributed by atoms with Crippen molar-refractivity contribution in [2.24, 2.45) is 0 Å². The molecule has 1 aromatic heterocycles. The average molecular weight is 199 g/mol. The summed E-state index contributed by atoms with van der Waals surface area (Å²) >= 11 is 0. The normalized spacial score (nSPS) is 15.4. The van der Waals surface area contributed by atoms with E-state index in [-0.39, 0.29) is 12.6 Å². The maximum absolute atomic E-state index is 9.10. The molecule has 14 heavy (non-hydrogen) atoms. The Labute approximate surface area is 83.4 Å². The highest BCUT2D eigenvalue weighted by Crippen LogP contribution is 1.90. The largest absolute Gasteiger partial charge is 0.394 e. The van der Waals surface area contributed by atoms with Gasteiger partial charge in [-0.05, 0) is 13.0 Å².